The molecule has 0 aromatic heterocycles. The number of ether oxygens (including phenoxy) is 2. The van der Waals surface area contributed by atoms with Crippen LogP contribution in [-0.2, 0) is 32.7 Å². The molecule has 92 heavy (non-hydrogen) atoms. The number of nitrogens with zero attached hydrogens (tertiary/aromatic N) is 1. The Labute approximate surface area is 564 Å². The van der Waals surface area contributed by atoms with E-state index in [1.54, 1.807) is 0 Å². The maximum atomic E-state index is 12.9. The van der Waals surface area contributed by atoms with E-state index < -0.39 is 26.5 Å². The molecule has 516 valence electrons. The summed E-state index contributed by atoms with van der Waals surface area (Å²) in [7, 11) is 1.43. The first kappa shape index (κ1) is 86.6. The molecular formula is C82H131NO8P+. The molecule has 10 heteroatoms. The van der Waals surface area contributed by atoms with Crippen LogP contribution in [0.5, 0.6) is 0 Å². The molecule has 0 bridgehead atoms. The lowest BCUT2D eigenvalue weighted by atomic mass is 10.1. The molecule has 0 aliphatic heterocycles. The van der Waals surface area contributed by atoms with E-state index >= 15 is 0 Å². The molecule has 2 unspecified atom stereocenters. The monoisotopic (exact) mass is 1290 g/mol. The van der Waals surface area contributed by atoms with E-state index in [0.29, 0.717) is 17.4 Å². The van der Waals surface area contributed by atoms with Crippen LogP contribution in [0.15, 0.2) is 207 Å². The number of phosphoric ester groups is 1. The summed E-state index contributed by atoms with van der Waals surface area (Å²) in [5.74, 6) is -0.839. The van der Waals surface area contributed by atoms with Crippen LogP contribution in [0, 0.1) is 0 Å². The highest BCUT2D eigenvalue weighted by Crippen LogP contribution is 2.43. The summed E-state index contributed by atoms with van der Waals surface area (Å²) in [6, 6.07) is 0. The molecule has 0 fully saturated rings. The molecule has 0 saturated carbocycles. The first-order valence-electron chi connectivity index (χ1n) is 35.8. The van der Waals surface area contributed by atoms with E-state index in [4.69, 9.17) is 18.5 Å². The zero-order valence-electron chi connectivity index (χ0n) is 58.7. The van der Waals surface area contributed by atoms with Crippen molar-refractivity contribution in [2.45, 2.75) is 251 Å². The van der Waals surface area contributed by atoms with E-state index in [-0.39, 0.29) is 32.0 Å². The molecule has 0 rings (SSSR count). The summed E-state index contributed by atoms with van der Waals surface area (Å²) in [4.78, 5) is 35.9. The zero-order chi connectivity index (χ0) is 66.9. The number of hydrogen-bond donors (Lipinski definition) is 1. The Hall–Kier alpha value is -5.41. The van der Waals surface area contributed by atoms with Gasteiger partial charge in [0.15, 0.2) is 6.10 Å². The molecule has 0 aromatic rings. The molecule has 9 nitrogen and oxygen atoms in total. The van der Waals surface area contributed by atoms with Gasteiger partial charge in [-0.25, -0.2) is 4.57 Å². The van der Waals surface area contributed by atoms with Crippen LogP contribution >= 0.6 is 7.82 Å². The third-order valence-corrected chi connectivity index (χ3v) is 15.3. The molecule has 0 saturated heterocycles. The summed E-state index contributed by atoms with van der Waals surface area (Å²) in [6.45, 7) is 4.15. The van der Waals surface area contributed by atoms with E-state index in [2.05, 4.69) is 220 Å². The highest BCUT2D eigenvalue weighted by atomic mass is 31.2. The third kappa shape index (κ3) is 73.6. The van der Waals surface area contributed by atoms with Crippen LogP contribution in [0.1, 0.15) is 245 Å². The smallest absolute Gasteiger partial charge is 0.462 e. The Bertz CT molecular complexity index is 2310. The number of carbonyl (C=O) groups is 2. The van der Waals surface area contributed by atoms with Crippen molar-refractivity contribution in [3.8, 4) is 0 Å². The fourth-order valence-electron chi connectivity index (χ4n) is 8.91. The van der Waals surface area contributed by atoms with Crippen LogP contribution in [0.2, 0.25) is 0 Å². The van der Waals surface area contributed by atoms with Crippen molar-refractivity contribution in [1.82, 2.24) is 0 Å². The van der Waals surface area contributed by atoms with Crippen molar-refractivity contribution < 1.29 is 42.1 Å². The molecule has 0 heterocycles. The molecule has 0 radical (unpaired) electrons. The lowest BCUT2D eigenvalue weighted by Crippen LogP contribution is -2.37. The highest BCUT2D eigenvalue weighted by molar-refractivity contribution is 7.47. The van der Waals surface area contributed by atoms with Crippen molar-refractivity contribution in [2.75, 3.05) is 47.5 Å². The predicted molar refractivity (Wildman–Crippen MR) is 398 cm³/mol. The van der Waals surface area contributed by atoms with Crippen LogP contribution in [0.25, 0.3) is 0 Å². The molecule has 1 N–H and O–H groups in total. The lowest BCUT2D eigenvalue weighted by molar-refractivity contribution is -0.870. The summed E-state index contributed by atoms with van der Waals surface area (Å²) in [5.41, 5.74) is 0. The maximum absolute atomic E-state index is 12.9. The Kier molecular flexibility index (Phi) is 65.8. The fourth-order valence-corrected chi connectivity index (χ4v) is 9.65. The lowest BCUT2D eigenvalue weighted by Gasteiger charge is -2.24. The standard InChI is InChI=1S/C82H130NO8P/c1-6-8-10-12-14-16-18-20-22-24-26-28-30-32-34-36-37-38-39-40-41-42-43-44-45-47-49-51-53-55-57-59-61-63-65-67-69-71-73-75-82(85)91-80(79-90-92(86,87)89-77-76-83(3,4)5)78-88-81(84)74-72-70-68-66-64-62-60-58-56-54-52-50-48-46-35-33-31-29-27-25-23-21-19-17-15-13-11-9-7-2/h8-11,14-17,20-23,26-29,32-35,37-38,40-41,43-44,47-50,53,55,59,61,80H,6-7,12-13,18-19,24-25,30-31,36,39,42,45-46,51-52,54,56-58,60,62-79H2,1-5H3/p+1/b10-8-,11-9-,16-14-,17-15-,22-20-,23-21-,28-26-,29-27-,34-32-,35-33-,38-37-,41-40-,44-43-,49-47-,50-48-,55-53-,61-59-. The zero-order valence-corrected chi connectivity index (χ0v) is 59.6. The Morgan fingerprint density at radius 3 is 0.870 bits per heavy atom. The summed E-state index contributed by atoms with van der Waals surface area (Å²) in [5, 5.41) is 0. The van der Waals surface area contributed by atoms with Gasteiger partial charge in [0.2, 0.25) is 0 Å². The average Bonchev–Trinajstić information content (AvgIpc) is 2.14. The van der Waals surface area contributed by atoms with Crippen LogP contribution in [0.3, 0.4) is 0 Å². The Morgan fingerprint density at radius 1 is 0.337 bits per heavy atom. The van der Waals surface area contributed by atoms with Gasteiger partial charge in [-0.05, 0) is 148 Å². The first-order valence-corrected chi connectivity index (χ1v) is 37.3. The van der Waals surface area contributed by atoms with Gasteiger partial charge in [-0.15, -0.1) is 0 Å². The minimum atomic E-state index is -4.42. The molecular weight excluding hydrogens is 1160 g/mol. The van der Waals surface area contributed by atoms with Gasteiger partial charge in [-0.3, -0.25) is 18.6 Å². The predicted octanol–water partition coefficient (Wildman–Crippen LogP) is 23.8. The Balaban J connectivity index is 4.19. The first-order chi connectivity index (χ1) is 45.0. The molecule has 0 aromatic carbocycles. The second kappa shape index (κ2) is 69.9. The van der Waals surface area contributed by atoms with Crippen LogP contribution < -0.4 is 0 Å². The van der Waals surface area contributed by atoms with Gasteiger partial charge in [0.25, 0.3) is 0 Å². The molecule has 2 atom stereocenters. The van der Waals surface area contributed by atoms with Crippen molar-refractivity contribution in [2.24, 2.45) is 0 Å². The maximum Gasteiger partial charge on any atom is 0.472 e. The normalized spacial score (nSPS) is 14.4. The van der Waals surface area contributed by atoms with E-state index in [9.17, 15) is 19.0 Å². The molecule has 0 amide bonds. The molecule has 0 aliphatic rings. The number of phosphoric acid groups is 1. The van der Waals surface area contributed by atoms with Gasteiger partial charge in [0, 0.05) is 12.8 Å². The number of carbonyl (C=O) groups excluding carboxylic acids is 2. The molecule has 0 aliphatic carbocycles. The highest BCUT2D eigenvalue weighted by Gasteiger charge is 2.27. The van der Waals surface area contributed by atoms with Crippen molar-refractivity contribution >= 4 is 19.8 Å². The van der Waals surface area contributed by atoms with Crippen LogP contribution in [0.4, 0.5) is 0 Å². The third-order valence-electron chi connectivity index (χ3n) is 14.3. The number of unbranched alkanes of at least 4 members (excludes halogenated alkanes) is 15. The van der Waals surface area contributed by atoms with Gasteiger partial charge in [0.1, 0.15) is 19.8 Å². The van der Waals surface area contributed by atoms with Crippen LogP contribution in [-0.4, -0.2) is 74.9 Å². The van der Waals surface area contributed by atoms with Crippen molar-refractivity contribution in [1.29, 1.82) is 0 Å². The SMILES string of the molecule is CC/C=C\C/C=C\C/C=C\C/C=C\C/C=C\C/C=C\C/C=C\C/C=C\C/C=C\C/C=C\C/C=C\CCCCCCCC(=O)OC(COC(=O)CCCCCCCCCCCC/C=C\C/C=C\C/C=C\C/C=C\C/C=C\C/C=C\CC)COP(=O)(O)OCC[N+](C)(C)C. The van der Waals surface area contributed by atoms with Gasteiger partial charge in [0.05, 0.1) is 27.7 Å². The largest absolute Gasteiger partial charge is 0.472 e. The van der Waals surface area contributed by atoms with E-state index in [0.717, 1.165) is 173 Å². The Morgan fingerprint density at radius 2 is 0.587 bits per heavy atom. The minimum Gasteiger partial charge on any atom is -0.462 e. The van der Waals surface area contributed by atoms with E-state index in [1.165, 1.54) is 38.5 Å². The van der Waals surface area contributed by atoms with Gasteiger partial charge in [-0.2, -0.15) is 0 Å². The second-order valence-electron chi connectivity index (χ2n) is 24.2. The average molecular weight is 1290 g/mol. The number of quaternary nitrogens is 1. The number of allylic oxidation sites excluding steroid dienone is 34. The van der Waals surface area contributed by atoms with Gasteiger partial charge >= 0.3 is 19.8 Å². The number of esters is 2. The number of likely N-dealkylation sites (N-methyl/N-ethyl adjacent to an activating group) is 1. The van der Waals surface area contributed by atoms with Gasteiger partial charge in [-0.1, -0.05) is 291 Å². The summed E-state index contributed by atoms with van der Waals surface area (Å²) < 4.78 is 34.7. The topological polar surface area (TPSA) is 108 Å². The molecule has 0 spiro atoms. The quantitative estimate of drug-likeness (QED) is 0.0211. The second-order valence-corrected chi connectivity index (χ2v) is 25.6. The summed E-state index contributed by atoms with van der Waals surface area (Å²) in [6.07, 6.45) is 111. The fraction of sp³-hybridized carbons (Fsp3) is 0.561. The van der Waals surface area contributed by atoms with Crippen molar-refractivity contribution in [3.05, 3.63) is 207 Å². The number of rotatable bonds is 63. The van der Waals surface area contributed by atoms with Gasteiger partial charge < -0.3 is 18.9 Å². The van der Waals surface area contributed by atoms with Crippen molar-refractivity contribution in [3.63, 3.8) is 0 Å². The summed E-state index contributed by atoms with van der Waals surface area (Å²) >= 11 is 0. The number of hydrogen-bond acceptors (Lipinski definition) is 7. The minimum absolute atomic E-state index is 0.0153. The van der Waals surface area contributed by atoms with E-state index in [1.807, 2.05) is 21.1 Å².